The first-order valence-corrected chi connectivity index (χ1v) is 13.9. The van der Waals surface area contributed by atoms with Crippen molar-refractivity contribution < 1.29 is 14.0 Å². The minimum Gasteiger partial charge on any atom is -0.444 e. The van der Waals surface area contributed by atoms with Crippen LogP contribution in [0.1, 0.15) is 81.4 Å². The molecule has 0 atom stereocenters. The third-order valence-electron chi connectivity index (χ3n) is 5.65. The molecule has 0 spiro atoms. The summed E-state index contributed by atoms with van der Waals surface area (Å²) in [5.41, 5.74) is 1.33. The van der Waals surface area contributed by atoms with Crippen molar-refractivity contribution in [1.82, 2.24) is 20.2 Å². The summed E-state index contributed by atoms with van der Waals surface area (Å²) in [4.78, 5) is 33.4. The molecule has 10 heteroatoms. The Balaban J connectivity index is 1.11. The van der Waals surface area contributed by atoms with E-state index < -0.39 is 0 Å². The van der Waals surface area contributed by atoms with Gasteiger partial charge in [-0.05, 0) is 18.9 Å². The average molecular weight is 526 g/mol. The maximum atomic E-state index is 12.5. The molecule has 36 heavy (non-hydrogen) atoms. The maximum absolute atomic E-state index is 12.5. The SMILES string of the molecule is CC(C)(C)c1cnc(CSc2cnc(NC(=O)CCCCCCC(=O)c3n[nH]c4ccccc34)s2)o1. The highest BCUT2D eigenvalue weighted by Gasteiger charge is 2.19. The Morgan fingerprint density at radius 2 is 1.83 bits per heavy atom. The second-order valence-electron chi connectivity index (χ2n) is 9.64. The van der Waals surface area contributed by atoms with Gasteiger partial charge >= 0.3 is 0 Å². The minimum atomic E-state index is -0.0648. The van der Waals surface area contributed by atoms with Gasteiger partial charge in [-0.1, -0.05) is 63.1 Å². The number of Topliss-reactive ketones (excluding diaryl/α,β-unsaturated/α-hetero) is 1. The van der Waals surface area contributed by atoms with Gasteiger partial charge in [0.05, 0.1) is 27.9 Å². The zero-order valence-corrected chi connectivity index (χ0v) is 22.4. The van der Waals surface area contributed by atoms with Crippen LogP contribution in [0.25, 0.3) is 10.9 Å². The van der Waals surface area contributed by atoms with Crippen LogP contribution in [-0.4, -0.2) is 31.9 Å². The molecule has 0 aliphatic rings. The molecule has 0 aliphatic carbocycles. The number of hydrogen-bond donors (Lipinski definition) is 2. The molecule has 190 valence electrons. The van der Waals surface area contributed by atoms with Crippen molar-refractivity contribution >= 4 is 50.8 Å². The van der Waals surface area contributed by atoms with Crippen molar-refractivity contribution in [2.75, 3.05) is 5.32 Å². The van der Waals surface area contributed by atoms with E-state index in [1.165, 1.54) is 11.3 Å². The summed E-state index contributed by atoms with van der Waals surface area (Å²) >= 11 is 3.04. The Morgan fingerprint density at radius 1 is 1.06 bits per heavy atom. The Labute approximate surface area is 218 Å². The second-order valence-corrected chi connectivity index (χ2v) is 12.0. The van der Waals surface area contributed by atoms with E-state index >= 15 is 0 Å². The molecule has 0 aliphatic heterocycles. The number of H-pyrrole nitrogens is 1. The number of thiazole rings is 1. The van der Waals surface area contributed by atoms with Crippen LogP contribution in [0.3, 0.4) is 0 Å². The number of aromatic nitrogens is 4. The Kier molecular flexibility index (Phi) is 8.58. The van der Waals surface area contributed by atoms with Crippen molar-refractivity contribution in [2.24, 2.45) is 0 Å². The number of carbonyl (C=O) groups excluding carboxylic acids is 2. The van der Waals surface area contributed by atoms with Gasteiger partial charge in [-0.3, -0.25) is 14.7 Å². The first kappa shape index (κ1) is 26.1. The molecule has 4 rings (SSSR count). The van der Waals surface area contributed by atoms with E-state index in [9.17, 15) is 9.59 Å². The Morgan fingerprint density at radius 3 is 2.61 bits per heavy atom. The number of rotatable bonds is 12. The second kappa shape index (κ2) is 11.8. The van der Waals surface area contributed by atoms with Crippen LogP contribution in [0, 0.1) is 0 Å². The fourth-order valence-corrected chi connectivity index (χ4v) is 5.38. The van der Waals surface area contributed by atoms with Crippen LogP contribution in [0.2, 0.25) is 0 Å². The molecule has 0 bridgehead atoms. The number of hydrogen-bond acceptors (Lipinski definition) is 8. The molecule has 0 saturated heterocycles. The van der Waals surface area contributed by atoms with Crippen molar-refractivity contribution in [1.29, 1.82) is 0 Å². The van der Waals surface area contributed by atoms with E-state index in [-0.39, 0.29) is 17.1 Å². The van der Waals surface area contributed by atoms with Crippen LogP contribution >= 0.6 is 23.1 Å². The fraction of sp³-hybridized carbons (Fsp3) is 0.423. The number of aromatic amines is 1. The Bertz CT molecular complexity index is 1320. The summed E-state index contributed by atoms with van der Waals surface area (Å²) in [5, 5.41) is 11.4. The molecule has 8 nitrogen and oxygen atoms in total. The maximum Gasteiger partial charge on any atom is 0.226 e. The predicted molar refractivity (Wildman–Crippen MR) is 144 cm³/mol. The van der Waals surface area contributed by atoms with Gasteiger partial charge in [0.25, 0.3) is 0 Å². The third-order valence-corrected chi connectivity index (χ3v) is 7.75. The van der Waals surface area contributed by atoms with Crippen LogP contribution in [0.5, 0.6) is 0 Å². The number of nitrogens with zero attached hydrogens (tertiary/aromatic N) is 3. The van der Waals surface area contributed by atoms with Gasteiger partial charge in [-0.2, -0.15) is 5.10 Å². The van der Waals surface area contributed by atoms with E-state index in [4.69, 9.17) is 4.42 Å². The van der Waals surface area contributed by atoms with E-state index in [1.54, 1.807) is 24.2 Å². The van der Waals surface area contributed by atoms with E-state index in [2.05, 4.69) is 46.3 Å². The summed E-state index contributed by atoms with van der Waals surface area (Å²) in [6, 6.07) is 7.65. The number of nitrogens with one attached hydrogen (secondary N) is 2. The van der Waals surface area contributed by atoms with Crippen LogP contribution in [0.4, 0.5) is 5.13 Å². The van der Waals surface area contributed by atoms with E-state index in [0.717, 1.165) is 46.6 Å². The zero-order valence-electron chi connectivity index (χ0n) is 20.8. The highest BCUT2D eigenvalue weighted by molar-refractivity contribution is 8.00. The van der Waals surface area contributed by atoms with Crippen molar-refractivity contribution in [3.63, 3.8) is 0 Å². The van der Waals surface area contributed by atoms with Crippen LogP contribution in [-0.2, 0) is 16.0 Å². The standard InChI is InChI=1S/C26H31N5O3S2/c1-26(2,3)20-14-27-22(34-20)16-35-23-15-28-25(36-23)29-21(33)13-7-5-4-6-12-19(32)24-17-10-8-9-11-18(17)30-31-24/h8-11,14-15H,4-7,12-13,16H2,1-3H3,(H,30,31)(H,28,29,33). The molecule has 3 aromatic heterocycles. The zero-order chi connectivity index (χ0) is 25.5. The predicted octanol–water partition coefficient (Wildman–Crippen LogP) is 6.76. The average Bonchev–Trinajstić information content (AvgIpc) is 3.59. The van der Waals surface area contributed by atoms with Crippen LogP contribution in [0.15, 0.2) is 45.3 Å². The first-order valence-electron chi connectivity index (χ1n) is 12.1. The molecular weight excluding hydrogens is 494 g/mol. The number of anilines is 1. The molecular formula is C26H31N5O3S2. The molecule has 0 fully saturated rings. The topological polar surface area (TPSA) is 114 Å². The lowest BCUT2D eigenvalue weighted by Gasteiger charge is -2.12. The number of unbranched alkanes of at least 4 members (excludes halogenated alkanes) is 3. The van der Waals surface area contributed by atoms with Crippen molar-refractivity contribution in [2.45, 2.75) is 74.7 Å². The molecule has 3 heterocycles. The van der Waals surface area contributed by atoms with Gasteiger partial charge in [-0.25, -0.2) is 9.97 Å². The molecule has 0 radical (unpaired) electrons. The number of benzene rings is 1. The normalized spacial score (nSPS) is 11.8. The summed E-state index contributed by atoms with van der Waals surface area (Å²) in [6.45, 7) is 6.27. The van der Waals surface area contributed by atoms with Gasteiger partial charge in [-0.15, -0.1) is 11.8 Å². The molecule has 1 amide bonds. The number of amides is 1. The molecule has 4 aromatic rings. The quantitative estimate of drug-likeness (QED) is 0.119. The number of ketones is 1. The lowest BCUT2D eigenvalue weighted by molar-refractivity contribution is -0.116. The lowest BCUT2D eigenvalue weighted by Crippen LogP contribution is -2.10. The summed E-state index contributed by atoms with van der Waals surface area (Å²) in [7, 11) is 0. The highest BCUT2D eigenvalue weighted by atomic mass is 32.2. The largest absolute Gasteiger partial charge is 0.444 e. The number of carbonyl (C=O) groups is 2. The molecule has 1 aromatic carbocycles. The van der Waals surface area contributed by atoms with Crippen molar-refractivity contribution in [3.05, 3.63) is 54.0 Å². The minimum absolute atomic E-state index is 0.0394. The highest BCUT2D eigenvalue weighted by Crippen LogP contribution is 2.32. The molecule has 2 N–H and O–H groups in total. The summed E-state index contributed by atoms with van der Waals surface area (Å²) in [6.07, 6.45) is 7.81. The van der Waals surface area contributed by atoms with Crippen LogP contribution < -0.4 is 5.32 Å². The van der Waals surface area contributed by atoms with Gasteiger partial charge in [0.2, 0.25) is 11.8 Å². The first-order chi connectivity index (χ1) is 17.3. The van der Waals surface area contributed by atoms with E-state index in [1.807, 2.05) is 24.3 Å². The number of oxazole rings is 1. The third kappa shape index (κ3) is 7.04. The number of fused-ring (bicyclic) bond motifs is 1. The molecule has 0 saturated carbocycles. The summed E-state index contributed by atoms with van der Waals surface area (Å²) < 4.78 is 6.82. The monoisotopic (exact) mass is 525 g/mol. The number of thioether (sulfide) groups is 1. The summed E-state index contributed by atoms with van der Waals surface area (Å²) in [5.74, 6) is 2.18. The number of para-hydroxylation sites is 1. The Hall–Kier alpha value is -2.98. The van der Waals surface area contributed by atoms with Gasteiger partial charge in [0.1, 0.15) is 11.5 Å². The lowest BCUT2D eigenvalue weighted by atomic mass is 9.94. The smallest absolute Gasteiger partial charge is 0.226 e. The van der Waals surface area contributed by atoms with Gasteiger partial charge < -0.3 is 9.73 Å². The van der Waals surface area contributed by atoms with Gasteiger partial charge in [0.15, 0.2) is 10.9 Å². The van der Waals surface area contributed by atoms with E-state index in [0.29, 0.717) is 35.3 Å². The van der Waals surface area contributed by atoms with Gasteiger partial charge in [0, 0.05) is 23.6 Å². The fourth-order valence-electron chi connectivity index (χ4n) is 3.64. The van der Waals surface area contributed by atoms with Crippen molar-refractivity contribution in [3.8, 4) is 0 Å². The molecule has 0 unspecified atom stereocenters.